The zero-order valence-electron chi connectivity index (χ0n) is 23.7. The highest BCUT2D eigenvalue weighted by Gasteiger charge is 2.49. The van der Waals surface area contributed by atoms with Crippen LogP contribution in [0, 0.1) is 11.3 Å². The third kappa shape index (κ3) is 5.17. The number of halogens is 1. The van der Waals surface area contributed by atoms with Crippen molar-refractivity contribution < 1.29 is 23.1 Å². The van der Waals surface area contributed by atoms with Crippen molar-refractivity contribution >= 4 is 33.2 Å². The number of hydrogen-bond donors (Lipinski definition) is 2. The highest BCUT2D eigenvalue weighted by atomic mass is 35.5. The van der Waals surface area contributed by atoms with Crippen molar-refractivity contribution in [2.45, 2.75) is 75.6 Å². The minimum Gasteiger partial charge on any atom is -0.490 e. The van der Waals surface area contributed by atoms with Gasteiger partial charge < -0.3 is 14.7 Å². The molecule has 9 heteroatoms. The largest absolute Gasteiger partial charge is 0.490 e. The smallest absolute Gasteiger partial charge is 0.264 e. The van der Waals surface area contributed by atoms with E-state index in [1.165, 1.54) is 11.1 Å². The van der Waals surface area contributed by atoms with Gasteiger partial charge in [0.05, 0.1) is 23.6 Å². The summed E-state index contributed by atoms with van der Waals surface area (Å²) in [5.74, 6) is 0.282. The Morgan fingerprint density at radius 2 is 1.98 bits per heavy atom. The van der Waals surface area contributed by atoms with Crippen LogP contribution >= 0.6 is 11.6 Å². The van der Waals surface area contributed by atoms with Crippen molar-refractivity contribution in [1.82, 2.24) is 4.72 Å². The second kappa shape index (κ2) is 10.6. The Kier molecular flexibility index (Phi) is 7.40. The Morgan fingerprint density at radius 3 is 2.76 bits per heavy atom. The molecule has 1 spiro atoms. The number of rotatable bonds is 0. The first kappa shape index (κ1) is 28.6. The van der Waals surface area contributed by atoms with Crippen LogP contribution in [0.1, 0.15) is 73.9 Å². The number of aryl methyl sites for hydroxylation is 1. The van der Waals surface area contributed by atoms with E-state index in [1.807, 2.05) is 18.2 Å². The summed E-state index contributed by atoms with van der Waals surface area (Å²) in [5.41, 5.74) is 3.01. The molecular weight excluding hydrogens is 560 g/mol. The average Bonchev–Trinajstić information content (AvgIpc) is 3.08. The molecule has 6 rings (SSSR count). The van der Waals surface area contributed by atoms with Gasteiger partial charge in [-0.25, -0.2) is 13.1 Å². The number of sulfonamides is 1. The Hall–Kier alpha value is -2.55. The molecule has 0 radical (unpaired) electrons. The second-order valence-corrected chi connectivity index (χ2v) is 15.3. The number of aliphatic hydroxyl groups is 1. The van der Waals surface area contributed by atoms with Crippen molar-refractivity contribution in [3.05, 3.63) is 70.3 Å². The van der Waals surface area contributed by atoms with Crippen LogP contribution in [-0.4, -0.2) is 50.5 Å². The summed E-state index contributed by atoms with van der Waals surface area (Å²) in [7, 11) is -3.87. The molecule has 220 valence electrons. The molecule has 0 unspecified atom stereocenters. The Bertz CT molecular complexity index is 1490. The average molecular weight is 599 g/mol. The summed E-state index contributed by atoms with van der Waals surface area (Å²) < 4.78 is 34.7. The van der Waals surface area contributed by atoms with Gasteiger partial charge in [0.25, 0.3) is 5.91 Å². The number of carbonyl (C=O) groups is 1. The van der Waals surface area contributed by atoms with Crippen molar-refractivity contribution in [3.63, 3.8) is 0 Å². The summed E-state index contributed by atoms with van der Waals surface area (Å²) in [6.07, 6.45) is 8.82. The molecule has 1 amide bonds. The lowest BCUT2D eigenvalue weighted by atomic mass is 9.58. The summed E-state index contributed by atoms with van der Waals surface area (Å²) in [5, 5.41) is 11.3. The van der Waals surface area contributed by atoms with E-state index in [0.29, 0.717) is 38.3 Å². The number of nitrogens with one attached hydrogen (secondary N) is 1. The number of carbonyl (C=O) groups excluding carboxylic acids is 1. The number of hydrogen-bond acceptors (Lipinski definition) is 6. The number of aliphatic hydroxyl groups excluding tert-OH is 1. The van der Waals surface area contributed by atoms with Crippen LogP contribution in [0.2, 0.25) is 5.02 Å². The molecule has 2 aliphatic heterocycles. The van der Waals surface area contributed by atoms with Crippen molar-refractivity contribution in [2.75, 3.05) is 24.6 Å². The summed E-state index contributed by atoms with van der Waals surface area (Å²) in [6, 6.07) is 11.4. The number of fused-ring (bicyclic) bond motifs is 4. The second-order valence-electron chi connectivity index (χ2n) is 12.8. The molecule has 7 nitrogen and oxygen atoms in total. The number of benzene rings is 2. The predicted molar refractivity (Wildman–Crippen MR) is 161 cm³/mol. The minimum atomic E-state index is -3.87. The van der Waals surface area contributed by atoms with Crippen molar-refractivity contribution in [1.29, 1.82) is 0 Å². The van der Waals surface area contributed by atoms with E-state index >= 15 is 0 Å². The predicted octanol–water partition coefficient (Wildman–Crippen LogP) is 5.39. The molecular formula is C32H39ClN2O5S. The van der Waals surface area contributed by atoms with E-state index in [-0.39, 0.29) is 22.3 Å². The van der Waals surface area contributed by atoms with Crippen LogP contribution in [0.15, 0.2) is 48.6 Å². The highest BCUT2D eigenvalue weighted by Crippen LogP contribution is 2.52. The van der Waals surface area contributed by atoms with Crippen LogP contribution < -0.4 is 14.4 Å². The van der Waals surface area contributed by atoms with Gasteiger partial charge >= 0.3 is 0 Å². The number of nitrogens with zero attached hydrogens (tertiary/aromatic N) is 1. The molecule has 5 atom stereocenters. The van der Waals surface area contributed by atoms with Gasteiger partial charge in [-0.05, 0) is 99.2 Å². The Balaban J connectivity index is 1.44. The van der Waals surface area contributed by atoms with Gasteiger partial charge in [0.2, 0.25) is 10.0 Å². The standard InChI is InChI=1S/C32H39ClN2O5S/c1-21-6-3-4-8-29(36)31(2)15-13-24(31)18-35-19-32(14-5-7-22-16-25(33)10-11-26(22)32)20-40-28-12-9-23(17-27(28)35)30(37)34-41(21,38)39/h4,8-12,16-17,21,24,29,36H,3,5-7,13-15,18-20H2,1-2H3,(H,34,37)/b8-4-/t21-,24-,29-,31+,32+/m1/s1. The zero-order valence-corrected chi connectivity index (χ0v) is 25.3. The van der Waals surface area contributed by atoms with Crippen LogP contribution in [0.4, 0.5) is 5.69 Å². The fraction of sp³-hybridized carbons (Fsp3) is 0.531. The quantitative estimate of drug-likeness (QED) is 0.395. The lowest BCUT2D eigenvalue weighted by Crippen LogP contribution is -2.53. The molecule has 2 N–H and O–H groups in total. The molecule has 2 heterocycles. The lowest BCUT2D eigenvalue weighted by molar-refractivity contribution is -0.0469. The SMILES string of the molecule is C[C@@H]1CC/C=C\[C@@H](O)[C@@]2(C)CC[C@@H]2CN2C[C@@]3(CCCc4cc(Cl)ccc43)COc3ccc(cc32)C(=O)NS1(=O)=O. The lowest BCUT2D eigenvalue weighted by Gasteiger charge is -2.52. The summed E-state index contributed by atoms with van der Waals surface area (Å²) >= 11 is 6.38. The third-order valence-electron chi connectivity index (χ3n) is 10.2. The monoisotopic (exact) mass is 598 g/mol. The van der Waals surface area contributed by atoms with E-state index < -0.39 is 27.3 Å². The number of ether oxygens (including phenoxy) is 1. The van der Waals surface area contributed by atoms with Crippen LogP contribution in [-0.2, 0) is 21.9 Å². The van der Waals surface area contributed by atoms with E-state index in [2.05, 4.69) is 28.7 Å². The first-order valence-corrected chi connectivity index (χ1v) is 16.6. The van der Waals surface area contributed by atoms with Crippen LogP contribution in [0.5, 0.6) is 5.75 Å². The van der Waals surface area contributed by atoms with Crippen LogP contribution in [0.25, 0.3) is 0 Å². The van der Waals surface area contributed by atoms with E-state index in [0.717, 1.165) is 42.8 Å². The van der Waals surface area contributed by atoms with Crippen molar-refractivity contribution in [2.24, 2.45) is 11.3 Å². The normalized spacial score (nSPS) is 33.8. The van der Waals surface area contributed by atoms with Gasteiger partial charge in [-0.2, -0.15) is 0 Å². The van der Waals surface area contributed by atoms with Gasteiger partial charge in [0.15, 0.2) is 0 Å². The van der Waals surface area contributed by atoms with E-state index in [4.69, 9.17) is 16.3 Å². The molecule has 4 aliphatic rings. The maximum absolute atomic E-state index is 13.2. The van der Waals surface area contributed by atoms with Gasteiger partial charge in [0, 0.05) is 34.5 Å². The Labute approximate surface area is 248 Å². The highest BCUT2D eigenvalue weighted by molar-refractivity contribution is 7.90. The van der Waals surface area contributed by atoms with Gasteiger partial charge in [-0.15, -0.1) is 0 Å². The fourth-order valence-electron chi connectivity index (χ4n) is 7.23. The molecule has 1 saturated carbocycles. The summed E-state index contributed by atoms with van der Waals surface area (Å²) in [4.78, 5) is 15.6. The van der Waals surface area contributed by atoms with E-state index in [1.54, 1.807) is 25.1 Å². The first-order valence-electron chi connectivity index (χ1n) is 14.7. The zero-order chi connectivity index (χ0) is 29.0. The number of amides is 1. The number of allylic oxidation sites excluding steroid dienone is 1. The molecule has 2 aromatic carbocycles. The minimum absolute atomic E-state index is 0.239. The third-order valence-corrected chi connectivity index (χ3v) is 12.2. The maximum Gasteiger partial charge on any atom is 0.264 e. The topological polar surface area (TPSA) is 95.9 Å². The molecule has 41 heavy (non-hydrogen) atoms. The van der Waals surface area contributed by atoms with Gasteiger partial charge in [-0.3, -0.25) is 4.79 Å². The molecule has 0 saturated heterocycles. The van der Waals surface area contributed by atoms with Gasteiger partial charge in [0.1, 0.15) is 5.75 Å². The van der Waals surface area contributed by atoms with Crippen molar-refractivity contribution in [3.8, 4) is 5.75 Å². The maximum atomic E-state index is 13.2. The van der Waals surface area contributed by atoms with Crippen LogP contribution in [0.3, 0.4) is 0 Å². The summed E-state index contributed by atoms with van der Waals surface area (Å²) in [6.45, 7) is 5.64. The molecule has 0 aromatic heterocycles. The molecule has 2 bridgehead atoms. The Morgan fingerprint density at radius 1 is 1.15 bits per heavy atom. The van der Waals surface area contributed by atoms with Gasteiger partial charge in [-0.1, -0.05) is 36.7 Å². The fourth-order valence-corrected chi connectivity index (χ4v) is 8.45. The number of anilines is 1. The molecule has 2 aromatic rings. The first-order chi connectivity index (χ1) is 19.5. The molecule has 1 fully saturated rings. The molecule has 2 aliphatic carbocycles. The van der Waals surface area contributed by atoms with E-state index in [9.17, 15) is 18.3 Å².